The highest BCUT2D eigenvalue weighted by Gasteiger charge is 2.20. The molecule has 0 heterocycles. The highest BCUT2D eigenvalue weighted by molar-refractivity contribution is 7.99. The number of ether oxygens (including phenoxy) is 1. The van der Waals surface area contributed by atoms with E-state index in [1.807, 2.05) is 27.0 Å². The molecule has 0 aliphatic heterocycles. The van der Waals surface area contributed by atoms with E-state index >= 15 is 0 Å². The summed E-state index contributed by atoms with van der Waals surface area (Å²) in [7, 11) is 0. The molecule has 0 atom stereocenters. The first kappa shape index (κ1) is 13.6. The normalized spacial score (nSPS) is 12.4. The predicted molar refractivity (Wildman–Crippen MR) is 61.8 cm³/mol. The quantitative estimate of drug-likeness (QED) is 0.793. The number of nitrogens with one attached hydrogen (secondary N) is 1. The fraction of sp³-hybridized carbons (Fsp3) is 0.900. The van der Waals surface area contributed by atoms with Gasteiger partial charge >= 0.3 is 6.09 Å². The van der Waals surface area contributed by atoms with Gasteiger partial charge in [-0.3, -0.25) is 0 Å². The Morgan fingerprint density at radius 1 is 1.29 bits per heavy atom. The van der Waals surface area contributed by atoms with Crippen LogP contribution in [0.5, 0.6) is 0 Å². The van der Waals surface area contributed by atoms with E-state index in [9.17, 15) is 4.79 Å². The standard InChI is InChI=1S/C10H21NO2S/c1-9(2,3)13-8(12)11-7-10(4,5)14-6/h7H2,1-6H3,(H,11,12). The van der Waals surface area contributed by atoms with E-state index in [-0.39, 0.29) is 10.8 Å². The number of thioether (sulfide) groups is 1. The third-order valence-corrected chi connectivity index (χ3v) is 2.86. The lowest BCUT2D eigenvalue weighted by Crippen LogP contribution is -2.39. The fourth-order valence-corrected chi connectivity index (χ4v) is 0.888. The van der Waals surface area contributed by atoms with Crippen molar-refractivity contribution >= 4 is 17.9 Å². The molecule has 0 radical (unpaired) electrons. The van der Waals surface area contributed by atoms with Crippen molar-refractivity contribution in [1.82, 2.24) is 5.32 Å². The number of carbonyl (C=O) groups is 1. The van der Waals surface area contributed by atoms with E-state index in [1.165, 1.54) is 0 Å². The first-order chi connectivity index (χ1) is 6.16. The molecule has 0 rings (SSSR count). The average Bonchev–Trinajstić information content (AvgIpc) is 1.98. The van der Waals surface area contributed by atoms with Crippen LogP contribution in [-0.2, 0) is 4.74 Å². The molecule has 0 saturated carbocycles. The second-order valence-electron chi connectivity index (χ2n) is 4.82. The van der Waals surface area contributed by atoms with Crippen molar-refractivity contribution in [3.63, 3.8) is 0 Å². The van der Waals surface area contributed by atoms with Gasteiger partial charge < -0.3 is 10.1 Å². The highest BCUT2D eigenvalue weighted by Crippen LogP contribution is 2.19. The molecule has 0 aliphatic carbocycles. The molecule has 14 heavy (non-hydrogen) atoms. The minimum atomic E-state index is -0.423. The molecular weight excluding hydrogens is 198 g/mol. The van der Waals surface area contributed by atoms with Crippen LogP contribution in [0.3, 0.4) is 0 Å². The van der Waals surface area contributed by atoms with Gasteiger partial charge in [-0.1, -0.05) is 0 Å². The van der Waals surface area contributed by atoms with Crippen molar-refractivity contribution in [3.8, 4) is 0 Å². The van der Waals surface area contributed by atoms with Gasteiger partial charge in [0.15, 0.2) is 0 Å². The van der Waals surface area contributed by atoms with Gasteiger partial charge in [-0.2, -0.15) is 11.8 Å². The number of carbonyl (C=O) groups excluding carboxylic acids is 1. The van der Waals surface area contributed by atoms with E-state index < -0.39 is 5.60 Å². The topological polar surface area (TPSA) is 38.3 Å². The first-order valence-corrected chi connectivity index (χ1v) is 5.91. The molecule has 0 saturated heterocycles. The molecular formula is C10H21NO2S. The van der Waals surface area contributed by atoms with Crippen LogP contribution in [-0.4, -0.2) is 29.2 Å². The third-order valence-electron chi connectivity index (χ3n) is 1.61. The maximum Gasteiger partial charge on any atom is 0.407 e. The monoisotopic (exact) mass is 219 g/mol. The molecule has 0 unspecified atom stereocenters. The van der Waals surface area contributed by atoms with Crippen LogP contribution in [0.4, 0.5) is 4.79 Å². The maximum absolute atomic E-state index is 11.3. The molecule has 0 aromatic heterocycles. The Balaban J connectivity index is 3.87. The van der Waals surface area contributed by atoms with Crippen LogP contribution in [0.1, 0.15) is 34.6 Å². The summed E-state index contributed by atoms with van der Waals surface area (Å²) >= 11 is 1.72. The smallest absolute Gasteiger partial charge is 0.407 e. The molecule has 0 aliphatic rings. The Labute approximate surface area is 91.0 Å². The fourth-order valence-electron chi connectivity index (χ4n) is 0.671. The van der Waals surface area contributed by atoms with Crippen molar-refractivity contribution in [3.05, 3.63) is 0 Å². The lowest BCUT2D eigenvalue weighted by atomic mass is 10.2. The minimum absolute atomic E-state index is 0.0525. The Morgan fingerprint density at radius 3 is 2.14 bits per heavy atom. The van der Waals surface area contributed by atoms with Gasteiger partial charge in [0.2, 0.25) is 0 Å². The van der Waals surface area contributed by atoms with Gasteiger partial charge in [0, 0.05) is 11.3 Å². The summed E-state index contributed by atoms with van der Waals surface area (Å²) in [5.41, 5.74) is -0.423. The number of alkyl carbamates (subject to hydrolysis) is 1. The Morgan fingerprint density at radius 2 is 1.79 bits per heavy atom. The second kappa shape index (κ2) is 4.91. The third kappa shape index (κ3) is 7.06. The summed E-state index contributed by atoms with van der Waals surface area (Å²) in [6.07, 6.45) is 1.68. The molecule has 84 valence electrons. The van der Waals surface area contributed by atoms with Crippen molar-refractivity contribution in [2.24, 2.45) is 0 Å². The zero-order valence-corrected chi connectivity index (χ0v) is 10.7. The SMILES string of the molecule is CSC(C)(C)CNC(=O)OC(C)(C)C. The number of hydrogen-bond acceptors (Lipinski definition) is 3. The van der Waals surface area contributed by atoms with Crippen molar-refractivity contribution in [2.75, 3.05) is 12.8 Å². The largest absolute Gasteiger partial charge is 0.444 e. The van der Waals surface area contributed by atoms with Crippen LogP contribution < -0.4 is 5.32 Å². The molecule has 0 fully saturated rings. The van der Waals surface area contributed by atoms with Crippen molar-refractivity contribution in [2.45, 2.75) is 45.0 Å². The summed E-state index contributed by atoms with van der Waals surface area (Å²) in [5, 5.41) is 2.75. The molecule has 3 nitrogen and oxygen atoms in total. The lowest BCUT2D eigenvalue weighted by molar-refractivity contribution is 0.0524. The van der Waals surface area contributed by atoms with Crippen LogP contribution in [0.15, 0.2) is 0 Å². The van der Waals surface area contributed by atoms with E-state index in [1.54, 1.807) is 11.8 Å². The zero-order valence-electron chi connectivity index (χ0n) is 9.93. The first-order valence-electron chi connectivity index (χ1n) is 4.68. The summed E-state index contributed by atoms with van der Waals surface area (Å²) < 4.78 is 5.17. The van der Waals surface area contributed by atoms with Crippen LogP contribution in [0.25, 0.3) is 0 Å². The molecule has 1 amide bonds. The molecule has 1 N–H and O–H groups in total. The van der Waals surface area contributed by atoms with E-state index in [0.29, 0.717) is 6.54 Å². The van der Waals surface area contributed by atoms with Gasteiger partial charge in [-0.05, 0) is 40.9 Å². The molecule has 4 heteroatoms. The predicted octanol–water partition coefficient (Wildman–Crippen LogP) is 2.65. The van der Waals surface area contributed by atoms with Crippen molar-refractivity contribution in [1.29, 1.82) is 0 Å². The van der Waals surface area contributed by atoms with Gasteiger partial charge in [-0.25, -0.2) is 4.79 Å². The minimum Gasteiger partial charge on any atom is -0.444 e. The summed E-state index contributed by atoms with van der Waals surface area (Å²) in [4.78, 5) is 11.3. The Bertz CT molecular complexity index is 197. The molecule has 0 aromatic carbocycles. The van der Waals surface area contributed by atoms with Crippen LogP contribution >= 0.6 is 11.8 Å². The number of amides is 1. The zero-order chi connectivity index (χ0) is 11.4. The Hall–Kier alpha value is -0.380. The lowest BCUT2D eigenvalue weighted by Gasteiger charge is -2.24. The van der Waals surface area contributed by atoms with Crippen LogP contribution in [0, 0.1) is 0 Å². The van der Waals surface area contributed by atoms with Gasteiger partial charge in [-0.15, -0.1) is 0 Å². The van der Waals surface area contributed by atoms with E-state index in [4.69, 9.17) is 4.74 Å². The number of hydrogen-bond donors (Lipinski definition) is 1. The summed E-state index contributed by atoms with van der Waals surface area (Å²) in [6.45, 7) is 10.3. The summed E-state index contributed by atoms with van der Waals surface area (Å²) in [5.74, 6) is 0. The summed E-state index contributed by atoms with van der Waals surface area (Å²) in [6, 6.07) is 0. The van der Waals surface area contributed by atoms with Gasteiger partial charge in [0.05, 0.1) is 0 Å². The van der Waals surface area contributed by atoms with Crippen molar-refractivity contribution < 1.29 is 9.53 Å². The van der Waals surface area contributed by atoms with Gasteiger partial charge in [0.25, 0.3) is 0 Å². The highest BCUT2D eigenvalue weighted by atomic mass is 32.2. The Kier molecular flexibility index (Phi) is 4.78. The second-order valence-corrected chi connectivity index (χ2v) is 6.33. The average molecular weight is 219 g/mol. The maximum atomic E-state index is 11.3. The van der Waals surface area contributed by atoms with E-state index in [0.717, 1.165) is 0 Å². The molecule has 0 spiro atoms. The van der Waals surface area contributed by atoms with Gasteiger partial charge in [0.1, 0.15) is 5.60 Å². The number of rotatable bonds is 3. The van der Waals surface area contributed by atoms with E-state index in [2.05, 4.69) is 19.2 Å². The molecule has 0 bridgehead atoms. The molecule has 0 aromatic rings. The van der Waals surface area contributed by atoms with Crippen LogP contribution in [0.2, 0.25) is 0 Å².